The molecule has 15 heavy (non-hydrogen) atoms. The molecule has 0 aromatic heterocycles. The lowest BCUT2D eigenvalue weighted by Gasteiger charge is -2.27. The van der Waals surface area contributed by atoms with Gasteiger partial charge in [0.25, 0.3) is 0 Å². The highest BCUT2D eigenvalue weighted by Gasteiger charge is 2.23. The molecule has 2 rings (SSSR count). The standard InChI is InChI=1S/C13H18NO/c1-10-6-8-11(9-7-10)14-12-4-2-3-5-13(12)15/h6-9,12-13,15H,2-5H2,1H3/t12-,13-/m1/s1. The maximum Gasteiger partial charge on any atom is 0.0765 e. The van der Waals surface area contributed by atoms with Crippen molar-refractivity contribution in [1.29, 1.82) is 0 Å². The maximum absolute atomic E-state index is 9.79. The smallest absolute Gasteiger partial charge is 0.0765 e. The van der Waals surface area contributed by atoms with Crippen molar-refractivity contribution in [1.82, 2.24) is 5.32 Å². The quantitative estimate of drug-likeness (QED) is 0.789. The first-order chi connectivity index (χ1) is 7.25. The maximum atomic E-state index is 9.79. The summed E-state index contributed by atoms with van der Waals surface area (Å²) >= 11 is 0. The molecular formula is C13H18NO. The van der Waals surface area contributed by atoms with Crippen LogP contribution in [0.4, 0.5) is 5.69 Å². The monoisotopic (exact) mass is 204 g/mol. The summed E-state index contributed by atoms with van der Waals surface area (Å²) in [6.45, 7) is 2.07. The van der Waals surface area contributed by atoms with Gasteiger partial charge >= 0.3 is 0 Å². The summed E-state index contributed by atoms with van der Waals surface area (Å²) in [5.41, 5.74) is 2.24. The summed E-state index contributed by atoms with van der Waals surface area (Å²) in [5.74, 6) is 0. The molecule has 2 nitrogen and oxygen atoms in total. The summed E-state index contributed by atoms with van der Waals surface area (Å²) in [4.78, 5) is 0. The van der Waals surface area contributed by atoms with Gasteiger partial charge in [-0.3, -0.25) is 5.32 Å². The average Bonchev–Trinajstić information content (AvgIpc) is 2.25. The molecule has 1 N–H and O–H groups in total. The third-order valence-electron chi connectivity index (χ3n) is 3.04. The Labute approximate surface area is 91.3 Å². The van der Waals surface area contributed by atoms with Gasteiger partial charge in [-0.25, -0.2) is 0 Å². The molecule has 2 heteroatoms. The van der Waals surface area contributed by atoms with Gasteiger partial charge in [0, 0.05) is 0 Å². The number of aryl methyl sites for hydroxylation is 1. The van der Waals surface area contributed by atoms with Crippen molar-refractivity contribution in [2.24, 2.45) is 0 Å². The van der Waals surface area contributed by atoms with E-state index in [2.05, 4.69) is 24.4 Å². The number of hydrogen-bond donors (Lipinski definition) is 1. The van der Waals surface area contributed by atoms with Crippen LogP contribution in [0, 0.1) is 6.92 Å². The van der Waals surface area contributed by atoms with Gasteiger partial charge in [0.1, 0.15) is 0 Å². The minimum atomic E-state index is -0.236. The van der Waals surface area contributed by atoms with Gasteiger partial charge in [0.15, 0.2) is 0 Å². The highest BCUT2D eigenvalue weighted by Crippen LogP contribution is 2.22. The number of nitrogens with zero attached hydrogens (tertiary/aromatic N) is 1. The van der Waals surface area contributed by atoms with Gasteiger partial charge in [-0.1, -0.05) is 30.5 Å². The Morgan fingerprint density at radius 1 is 1.13 bits per heavy atom. The van der Waals surface area contributed by atoms with Gasteiger partial charge in [-0.05, 0) is 31.9 Å². The van der Waals surface area contributed by atoms with E-state index < -0.39 is 0 Å². The van der Waals surface area contributed by atoms with Crippen molar-refractivity contribution >= 4 is 5.69 Å². The Morgan fingerprint density at radius 3 is 2.47 bits per heavy atom. The second-order valence-electron chi connectivity index (χ2n) is 4.38. The number of benzene rings is 1. The van der Waals surface area contributed by atoms with Crippen LogP contribution in [-0.2, 0) is 0 Å². The zero-order valence-electron chi connectivity index (χ0n) is 9.19. The van der Waals surface area contributed by atoms with Crippen LogP contribution in [0.1, 0.15) is 31.2 Å². The van der Waals surface area contributed by atoms with E-state index in [9.17, 15) is 5.11 Å². The predicted octanol–water partition coefficient (Wildman–Crippen LogP) is 2.53. The number of aliphatic hydroxyl groups is 1. The molecule has 2 atom stereocenters. The predicted molar refractivity (Wildman–Crippen MR) is 61.2 cm³/mol. The lowest BCUT2D eigenvalue weighted by atomic mass is 9.92. The third-order valence-corrected chi connectivity index (χ3v) is 3.04. The van der Waals surface area contributed by atoms with Crippen LogP contribution >= 0.6 is 0 Å². The zero-order chi connectivity index (χ0) is 10.7. The fraction of sp³-hybridized carbons (Fsp3) is 0.538. The number of rotatable bonds is 2. The molecule has 0 heterocycles. The first kappa shape index (κ1) is 10.5. The highest BCUT2D eigenvalue weighted by molar-refractivity contribution is 5.38. The molecule has 0 spiro atoms. The van der Waals surface area contributed by atoms with Gasteiger partial charge < -0.3 is 5.11 Å². The molecule has 0 aliphatic heterocycles. The summed E-state index contributed by atoms with van der Waals surface area (Å²) in [6, 6.07) is 8.29. The van der Waals surface area contributed by atoms with Crippen LogP contribution < -0.4 is 5.32 Å². The molecule has 1 aliphatic rings. The van der Waals surface area contributed by atoms with Crippen molar-refractivity contribution in [3.05, 3.63) is 29.8 Å². The van der Waals surface area contributed by atoms with Gasteiger partial charge in [-0.15, -0.1) is 0 Å². The second kappa shape index (κ2) is 4.67. The molecule has 1 aromatic rings. The summed E-state index contributed by atoms with van der Waals surface area (Å²) in [5, 5.41) is 14.4. The van der Waals surface area contributed by atoms with Crippen molar-refractivity contribution in [2.75, 3.05) is 0 Å². The van der Waals surface area contributed by atoms with Crippen molar-refractivity contribution < 1.29 is 5.11 Å². The molecule has 1 aliphatic carbocycles. The van der Waals surface area contributed by atoms with Gasteiger partial charge in [-0.2, -0.15) is 0 Å². The third kappa shape index (κ3) is 2.72. The number of hydrogen-bond acceptors (Lipinski definition) is 1. The zero-order valence-corrected chi connectivity index (χ0v) is 9.19. The molecule has 0 bridgehead atoms. The Morgan fingerprint density at radius 2 is 1.80 bits per heavy atom. The minimum Gasteiger partial charge on any atom is -0.391 e. The molecule has 1 radical (unpaired) electrons. The highest BCUT2D eigenvalue weighted by atomic mass is 16.3. The van der Waals surface area contributed by atoms with Crippen LogP contribution in [0.2, 0.25) is 0 Å². The lowest BCUT2D eigenvalue weighted by Crippen LogP contribution is -2.35. The first-order valence-electron chi connectivity index (χ1n) is 5.71. The molecule has 1 aromatic carbocycles. The second-order valence-corrected chi connectivity index (χ2v) is 4.38. The van der Waals surface area contributed by atoms with Crippen LogP contribution in [0.3, 0.4) is 0 Å². The summed E-state index contributed by atoms with van der Waals surface area (Å²) in [6.07, 6.45) is 4.02. The van der Waals surface area contributed by atoms with Crippen LogP contribution in [0.15, 0.2) is 24.3 Å². The van der Waals surface area contributed by atoms with Crippen molar-refractivity contribution in [3.8, 4) is 0 Å². The topological polar surface area (TPSA) is 34.3 Å². The lowest BCUT2D eigenvalue weighted by molar-refractivity contribution is 0.0968. The Balaban J connectivity index is 1.98. The van der Waals surface area contributed by atoms with E-state index in [1.54, 1.807) is 0 Å². The van der Waals surface area contributed by atoms with E-state index in [4.69, 9.17) is 0 Å². The van der Waals surface area contributed by atoms with E-state index in [0.29, 0.717) is 0 Å². The minimum absolute atomic E-state index is 0.112. The number of aliphatic hydroxyl groups excluding tert-OH is 1. The van der Waals surface area contributed by atoms with E-state index in [-0.39, 0.29) is 12.1 Å². The first-order valence-corrected chi connectivity index (χ1v) is 5.71. The molecule has 0 amide bonds. The van der Waals surface area contributed by atoms with Crippen LogP contribution in [-0.4, -0.2) is 17.3 Å². The Bertz CT molecular complexity index is 307. The van der Waals surface area contributed by atoms with E-state index in [0.717, 1.165) is 24.9 Å². The summed E-state index contributed by atoms with van der Waals surface area (Å²) in [7, 11) is 0. The molecule has 0 saturated heterocycles. The van der Waals surface area contributed by atoms with E-state index in [1.807, 2.05) is 12.1 Å². The largest absolute Gasteiger partial charge is 0.391 e. The Hall–Kier alpha value is -1.02. The van der Waals surface area contributed by atoms with E-state index in [1.165, 1.54) is 12.0 Å². The molecule has 1 fully saturated rings. The normalized spacial score (nSPS) is 26.3. The summed E-state index contributed by atoms with van der Waals surface area (Å²) < 4.78 is 0. The van der Waals surface area contributed by atoms with Crippen molar-refractivity contribution in [2.45, 2.75) is 44.8 Å². The molecule has 1 saturated carbocycles. The molecular weight excluding hydrogens is 186 g/mol. The average molecular weight is 204 g/mol. The van der Waals surface area contributed by atoms with Crippen molar-refractivity contribution in [3.63, 3.8) is 0 Å². The van der Waals surface area contributed by atoms with Crippen LogP contribution in [0.5, 0.6) is 0 Å². The fourth-order valence-electron chi connectivity index (χ4n) is 2.06. The van der Waals surface area contributed by atoms with E-state index >= 15 is 0 Å². The Kier molecular flexibility index (Phi) is 3.27. The van der Waals surface area contributed by atoms with Gasteiger partial charge in [0.05, 0.1) is 17.8 Å². The van der Waals surface area contributed by atoms with Gasteiger partial charge in [0.2, 0.25) is 0 Å². The molecule has 81 valence electrons. The molecule has 0 unspecified atom stereocenters. The SMILES string of the molecule is Cc1ccc([N][C@@H]2CCCC[C@H]2O)cc1. The van der Waals surface area contributed by atoms with Crippen LogP contribution in [0.25, 0.3) is 0 Å². The fourth-order valence-corrected chi connectivity index (χ4v) is 2.06.